The molecular formula is C39H50O11. The van der Waals surface area contributed by atoms with Crippen molar-refractivity contribution < 1.29 is 48.0 Å². The van der Waals surface area contributed by atoms with Crippen LogP contribution < -0.4 is 19.6 Å². The molecule has 1 aromatic heterocycles. The van der Waals surface area contributed by atoms with Gasteiger partial charge in [-0.25, -0.2) is 0 Å². The average molecular weight is 695 g/mol. The number of ether oxygens (including phenoxy) is 3. The van der Waals surface area contributed by atoms with Crippen molar-refractivity contribution >= 4 is 34.7 Å². The number of fused-ring (bicyclic) bond motifs is 1. The Labute approximate surface area is 292 Å². The zero-order valence-corrected chi connectivity index (χ0v) is 29.7. The highest BCUT2D eigenvalue weighted by molar-refractivity contribution is 6.08. The first-order chi connectivity index (χ1) is 24.1. The molecule has 0 spiro atoms. The van der Waals surface area contributed by atoms with Crippen LogP contribution in [0.2, 0.25) is 0 Å². The number of Topliss-reactive ketones (excluding diaryl/α,β-unsaturated/α-hetero) is 1. The van der Waals surface area contributed by atoms with E-state index in [9.17, 15) is 34.2 Å². The molecule has 0 atom stereocenters. The van der Waals surface area contributed by atoms with E-state index in [0.29, 0.717) is 25.7 Å². The van der Waals surface area contributed by atoms with Crippen molar-refractivity contribution in [3.8, 4) is 40.1 Å². The standard InChI is InChI=1S/C39H50O11/c1-5-9-13-17-27(41)34-29(47-31(43)18-14-10-6-2)24-30-35(38(34)49-32(44)19-15-11-7-3)36(46)39(50-33(45)20-16-12-8-4)37(48-30)26-22-21-25(40)23-28(26)42/h21-24,40,42H,5-20H2,1-4H3. The van der Waals surface area contributed by atoms with Crippen molar-refractivity contribution in [2.45, 2.75) is 130 Å². The SMILES string of the molecule is CCCCCC(=O)Oc1cc2oc(-c3ccc(O)cc3O)c(OC(=O)CCCCC)c(=O)c2c(OC(=O)CCCCC)c1C(=O)CCCCC. The van der Waals surface area contributed by atoms with Crippen LogP contribution in [0.15, 0.2) is 33.5 Å². The molecule has 0 saturated heterocycles. The molecule has 3 rings (SSSR count). The van der Waals surface area contributed by atoms with Crippen LogP contribution in [0.25, 0.3) is 22.3 Å². The van der Waals surface area contributed by atoms with E-state index in [4.69, 9.17) is 18.6 Å². The van der Waals surface area contributed by atoms with Gasteiger partial charge in [-0.1, -0.05) is 79.1 Å². The molecule has 0 unspecified atom stereocenters. The van der Waals surface area contributed by atoms with Gasteiger partial charge in [0, 0.05) is 37.8 Å². The molecule has 1 heterocycles. The monoisotopic (exact) mass is 694 g/mol. The number of unbranched alkanes of at least 4 members (excludes halogenated alkanes) is 8. The van der Waals surface area contributed by atoms with Gasteiger partial charge >= 0.3 is 17.9 Å². The molecular weight excluding hydrogens is 644 g/mol. The van der Waals surface area contributed by atoms with Gasteiger partial charge in [0.05, 0.1) is 5.56 Å². The number of phenolic OH excluding ortho intramolecular Hbond substituents is 2. The molecule has 0 aliphatic carbocycles. The maximum atomic E-state index is 14.5. The van der Waals surface area contributed by atoms with Gasteiger partial charge in [-0.2, -0.15) is 0 Å². The Kier molecular flexibility index (Phi) is 16.0. The minimum atomic E-state index is -0.947. The quantitative estimate of drug-likeness (QED) is 0.0472. The van der Waals surface area contributed by atoms with Crippen LogP contribution >= 0.6 is 0 Å². The number of hydrogen-bond donors (Lipinski definition) is 2. The van der Waals surface area contributed by atoms with Gasteiger partial charge in [0.25, 0.3) is 0 Å². The van der Waals surface area contributed by atoms with Crippen molar-refractivity contribution in [3.63, 3.8) is 0 Å². The molecule has 2 aromatic carbocycles. The molecule has 11 nitrogen and oxygen atoms in total. The predicted octanol–water partition coefficient (Wildman–Crippen LogP) is 9.09. The average Bonchev–Trinajstić information content (AvgIpc) is 3.06. The number of carbonyl (C=O) groups excluding carboxylic acids is 4. The van der Waals surface area contributed by atoms with Crippen LogP contribution in [0.5, 0.6) is 28.7 Å². The summed E-state index contributed by atoms with van der Waals surface area (Å²) in [6, 6.07) is 4.76. The molecule has 3 aromatic rings. The molecule has 0 aliphatic rings. The lowest BCUT2D eigenvalue weighted by molar-refractivity contribution is -0.135. The van der Waals surface area contributed by atoms with E-state index in [2.05, 4.69) is 0 Å². The lowest BCUT2D eigenvalue weighted by Gasteiger charge is -2.18. The predicted molar refractivity (Wildman–Crippen MR) is 189 cm³/mol. The molecule has 272 valence electrons. The molecule has 0 radical (unpaired) electrons. The Morgan fingerprint density at radius 3 is 1.66 bits per heavy atom. The van der Waals surface area contributed by atoms with Gasteiger partial charge in [0.1, 0.15) is 33.8 Å². The van der Waals surface area contributed by atoms with E-state index in [0.717, 1.165) is 57.4 Å². The summed E-state index contributed by atoms with van der Waals surface area (Å²) < 4.78 is 23.3. The molecule has 0 amide bonds. The molecule has 0 aliphatic heterocycles. The second kappa shape index (κ2) is 20.1. The zero-order valence-electron chi connectivity index (χ0n) is 29.7. The largest absolute Gasteiger partial charge is 0.508 e. The molecule has 0 fully saturated rings. The minimum Gasteiger partial charge on any atom is -0.508 e. The summed E-state index contributed by atoms with van der Waals surface area (Å²) in [5.41, 5.74) is -1.54. The summed E-state index contributed by atoms with van der Waals surface area (Å²) in [7, 11) is 0. The normalized spacial score (nSPS) is 11.0. The van der Waals surface area contributed by atoms with Crippen LogP contribution in [-0.2, 0) is 14.4 Å². The van der Waals surface area contributed by atoms with Crippen molar-refractivity contribution in [1.82, 2.24) is 0 Å². The lowest BCUT2D eigenvalue weighted by Crippen LogP contribution is -2.20. The maximum absolute atomic E-state index is 14.5. The summed E-state index contributed by atoms with van der Waals surface area (Å²) in [5, 5.41) is 20.3. The minimum absolute atomic E-state index is 0.0100. The first-order valence-corrected chi connectivity index (χ1v) is 17.9. The van der Waals surface area contributed by atoms with Gasteiger partial charge in [-0.15, -0.1) is 0 Å². The van der Waals surface area contributed by atoms with E-state index in [1.165, 1.54) is 18.2 Å². The van der Waals surface area contributed by atoms with E-state index in [1.54, 1.807) is 0 Å². The summed E-state index contributed by atoms with van der Waals surface area (Å²) in [6.45, 7) is 7.92. The van der Waals surface area contributed by atoms with Gasteiger partial charge in [0.2, 0.25) is 11.2 Å². The number of hydrogen-bond acceptors (Lipinski definition) is 11. The lowest BCUT2D eigenvalue weighted by atomic mass is 9.99. The van der Waals surface area contributed by atoms with Crippen LogP contribution in [0, 0.1) is 0 Å². The Morgan fingerprint density at radius 2 is 1.14 bits per heavy atom. The second-order valence-electron chi connectivity index (χ2n) is 12.4. The smallest absolute Gasteiger partial charge is 0.311 e. The molecule has 11 heteroatoms. The Bertz CT molecular complexity index is 1700. The number of aromatic hydroxyl groups is 2. The number of rotatable bonds is 21. The van der Waals surface area contributed by atoms with Crippen molar-refractivity contribution in [2.24, 2.45) is 0 Å². The van der Waals surface area contributed by atoms with Crippen LogP contribution in [0.3, 0.4) is 0 Å². The Balaban J connectivity index is 2.40. The van der Waals surface area contributed by atoms with Crippen LogP contribution in [-0.4, -0.2) is 33.9 Å². The van der Waals surface area contributed by atoms with E-state index in [-0.39, 0.29) is 65.0 Å². The molecule has 2 N–H and O–H groups in total. The van der Waals surface area contributed by atoms with Crippen molar-refractivity contribution in [3.05, 3.63) is 40.1 Å². The van der Waals surface area contributed by atoms with Crippen molar-refractivity contribution in [1.29, 1.82) is 0 Å². The van der Waals surface area contributed by atoms with Crippen LogP contribution in [0.4, 0.5) is 0 Å². The summed E-state index contributed by atoms with van der Waals surface area (Å²) in [5.74, 6) is -4.99. The van der Waals surface area contributed by atoms with E-state index >= 15 is 0 Å². The van der Waals surface area contributed by atoms with Crippen LogP contribution in [0.1, 0.15) is 141 Å². The molecule has 0 saturated carbocycles. The first kappa shape index (κ1) is 39.8. The second-order valence-corrected chi connectivity index (χ2v) is 12.4. The third-order valence-electron chi connectivity index (χ3n) is 8.18. The summed E-state index contributed by atoms with van der Waals surface area (Å²) in [4.78, 5) is 67.7. The summed E-state index contributed by atoms with van der Waals surface area (Å²) >= 11 is 0. The van der Waals surface area contributed by atoms with Crippen molar-refractivity contribution in [2.75, 3.05) is 0 Å². The molecule has 50 heavy (non-hydrogen) atoms. The third kappa shape index (κ3) is 10.9. The number of carbonyl (C=O) groups is 4. The highest BCUT2D eigenvalue weighted by atomic mass is 16.6. The topological polar surface area (TPSA) is 167 Å². The van der Waals surface area contributed by atoms with E-state index < -0.39 is 46.4 Å². The fraction of sp³-hybridized carbons (Fsp3) is 0.513. The Morgan fingerprint density at radius 1 is 0.640 bits per heavy atom. The number of phenols is 2. The zero-order chi connectivity index (χ0) is 36.6. The first-order valence-electron chi connectivity index (χ1n) is 17.9. The molecule has 0 bridgehead atoms. The van der Waals surface area contributed by atoms with E-state index in [1.807, 2.05) is 27.7 Å². The fourth-order valence-electron chi connectivity index (χ4n) is 5.43. The maximum Gasteiger partial charge on any atom is 0.311 e. The number of ketones is 1. The van der Waals surface area contributed by atoms with Gasteiger partial charge in [0.15, 0.2) is 17.3 Å². The summed E-state index contributed by atoms with van der Waals surface area (Å²) in [6.07, 6.45) is 8.47. The van der Waals surface area contributed by atoms with Gasteiger partial charge in [-0.3, -0.25) is 24.0 Å². The number of esters is 3. The Hall–Kier alpha value is -4.67. The highest BCUT2D eigenvalue weighted by Gasteiger charge is 2.31. The fourth-order valence-corrected chi connectivity index (χ4v) is 5.43. The third-order valence-corrected chi connectivity index (χ3v) is 8.18. The highest BCUT2D eigenvalue weighted by Crippen LogP contribution is 2.43. The number of benzene rings is 2. The van der Waals surface area contributed by atoms with Gasteiger partial charge in [-0.05, 0) is 37.8 Å². The van der Waals surface area contributed by atoms with Gasteiger partial charge < -0.3 is 28.8 Å².